The van der Waals surface area contributed by atoms with E-state index in [2.05, 4.69) is 20.9 Å². The van der Waals surface area contributed by atoms with E-state index in [4.69, 9.17) is 27.9 Å². The minimum Gasteiger partial charge on any atom is -0.489 e. The lowest BCUT2D eigenvalue weighted by molar-refractivity contribution is 0.0929. The zero-order chi connectivity index (χ0) is 21.8. The highest BCUT2D eigenvalue weighted by molar-refractivity contribution is 6.44. The number of hydrogen-bond donors (Lipinski definition) is 4. The number of aromatic nitrogens is 1. The predicted molar refractivity (Wildman–Crippen MR) is 126 cm³/mol. The van der Waals surface area contributed by atoms with E-state index < -0.39 is 5.91 Å². The van der Waals surface area contributed by atoms with Crippen molar-refractivity contribution in [1.82, 2.24) is 15.6 Å². The minimum absolute atomic E-state index is 0. The molecule has 1 unspecified atom stereocenters. The molecule has 2 aromatic rings. The number of piperidine rings is 1. The van der Waals surface area contributed by atoms with Crippen molar-refractivity contribution in [2.45, 2.75) is 45.8 Å². The van der Waals surface area contributed by atoms with Gasteiger partial charge in [-0.3, -0.25) is 9.59 Å². The Kier molecular flexibility index (Phi) is 9.06. The van der Waals surface area contributed by atoms with Crippen LogP contribution < -0.4 is 20.7 Å². The standard InChI is InChI=1S/C21H26Cl2N4O3.ClH/c1-11(2)30-16-9-13(20(28)26-14-5-4-8-24-10-14)6-7-15(16)27-21(29)19-18(23)17(22)12(3)25-19;/h6-7,9,11,14,24-25H,4-5,8,10H2,1-3H3,(H,26,28)(H,27,29);1H. The second-order valence-corrected chi connectivity index (χ2v) is 8.36. The van der Waals surface area contributed by atoms with Crippen LogP contribution in [0.4, 0.5) is 5.69 Å². The molecule has 2 heterocycles. The first-order valence-corrected chi connectivity index (χ1v) is 10.7. The van der Waals surface area contributed by atoms with Crippen LogP contribution in [-0.2, 0) is 0 Å². The zero-order valence-corrected chi connectivity index (χ0v) is 19.9. The van der Waals surface area contributed by atoms with E-state index in [1.165, 1.54) is 0 Å². The van der Waals surface area contributed by atoms with Crippen molar-refractivity contribution in [2.75, 3.05) is 18.4 Å². The van der Waals surface area contributed by atoms with Crippen LogP contribution in [0.1, 0.15) is 53.2 Å². The monoisotopic (exact) mass is 488 g/mol. The SMILES string of the molecule is Cc1[nH]c(C(=O)Nc2ccc(C(=O)NC3CCCNC3)cc2OC(C)C)c(Cl)c1Cl.Cl. The van der Waals surface area contributed by atoms with Crippen LogP contribution in [0.25, 0.3) is 0 Å². The van der Waals surface area contributed by atoms with Crippen LogP contribution in [0.5, 0.6) is 5.75 Å². The number of benzene rings is 1. The van der Waals surface area contributed by atoms with Crippen molar-refractivity contribution in [3.8, 4) is 5.75 Å². The van der Waals surface area contributed by atoms with Crippen LogP contribution in [0.2, 0.25) is 10.0 Å². The number of aromatic amines is 1. The number of nitrogens with one attached hydrogen (secondary N) is 4. The molecule has 31 heavy (non-hydrogen) atoms. The summed E-state index contributed by atoms with van der Waals surface area (Å²) in [6.45, 7) is 7.21. The van der Waals surface area contributed by atoms with E-state index in [0.717, 1.165) is 25.9 Å². The third kappa shape index (κ3) is 6.29. The lowest BCUT2D eigenvalue weighted by Gasteiger charge is -2.24. The molecule has 1 fully saturated rings. The van der Waals surface area contributed by atoms with Gasteiger partial charge in [0.15, 0.2) is 0 Å². The van der Waals surface area contributed by atoms with Gasteiger partial charge in [0.05, 0.1) is 21.8 Å². The third-order valence-electron chi connectivity index (χ3n) is 4.77. The molecule has 4 N–H and O–H groups in total. The lowest BCUT2D eigenvalue weighted by Crippen LogP contribution is -2.45. The Hall–Kier alpha value is -1.93. The Balaban J connectivity index is 0.00000341. The number of rotatable bonds is 6. The Morgan fingerprint density at radius 3 is 2.52 bits per heavy atom. The molecule has 170 valence electrons. The number of halogens is 3. The van der Waals surface area contributed by atoms with Gasteiger partial charge in [-0.15, -0.1) is 12.4 Å². The molecule has 0 bridgehead atoms. The van der Waals surface area contributed by atoms with Gasteiger partial charge in [-0.1, -0.05) is 23.2 Å². The van der Waals surface area contributed by atoms with Crippen LogP contribution in [0.15, 0.2) is 18.2 Å². The molecule has 1 atom stereocenters. The number of carbonyl (C=O) groups is 2. The molecule has 0 radical (unpaired) electrons. The molecule has 0 aliphatic carbocycles. The minimum atomic E-state index is -0.450. The van der Waals surface area contributed by atoms with Gasteiger partial charge in [0.2, 0.25) is 0 Å². The molecule has 1 aliphatic heterocycles. The van der Waals surface area contributed by atoms with E-state index in [9.17, 15) is 9.59 Å². The Morgan fingerprint density at radius 1 is 1.19 bits per heavy atom. The Morgan fingerprint density at radius 2 is 1.94 bits per heavy atom. The highest BCUT2D eigenvalue weighted by Gasteiger charge is 2.21. The average Bonchev–Trinajstić information content (AvgIpc) is 2.97. The van der Waals surface area contributed by atoms with Gasteiger partial charge in [0.1, 0.15) is 11.4 Å². The number of carbonyl (C=O) groups excluding carboxylic acids is 2. The molecule has 10 heteroatoms. The first-order chi connectivity index (χ1) is 14.3. The largest absolute Gasteiger partial charge is 0.489 e. The van der Waals surface area contributed by atoms with Crippen LogP contribution in [0, 0.1) is 6.92 Å². The second-order valence-electron chi connectivity index (χ2n) is 7.60. The number of amides is 2. The summed E-state index contributed by atoms with van der Waals surface area (Å²) in [6.07, 6.45) is 1.83. The van der Waals surface area contributed by atoms with Gasteiger partial charge in [-0.05, 0) is 58.4 Å². The molecule has 1 aromatic heterocycles. The summed E-state index contributed by atoms with van der Waals surface area (Å²) >= 11 is 12.2. The van der Waals surface area contributed by atoms with E-state index >= 15 is 0 Å². The fraction of sp³-hybridized carbons (Fsp3) is 0.429. The molecule has 2 amide bonds. The van der Waals surface area contributed by atoms with E-state index in [0.29, 0.717) is 27.7 Å². The average molecular weight is 490 g/mol. The maximum Gasteiger partial charge on any atom is 0.273 e. The number of hydrogen-bond acceptors (Lipinski definition) is 4. The highest BCUT2D eigenvalue weighted by atomic mass is 35.5. The first kappa shape index (κ1) is 25.3. The van der Waals surface area contributed by atoms with Gasteiger partial charge in [-0.2, -0.15) is 0 Å². The summed E-state index contributed by atoms with van der Waals surface area (Å²) in [4.78, 5) is 28.2. The van der Waals surface area contributed by atoms with Crippen molar-refractivity contribution in [3.05, 3.63) is 45.2 Å². The van der Waals surface area contributed by atoms with Crippen molar-refractivity contribution < 1.29 is 14.3 Å². The molecular formula is C21H27Cl3N4O3. The second kappa shape index (κ2) is 11.1. The number of aryl methyl sites for hydroxylation is 1. The molecular weight excluding hydrogens is 463 g/mol. The Bertz CT molecular complexity index is 940. The van der Waals surface area contributed by atoms with Crippen molar-refractivity contribution >= 4 is 53.1 Å². The molecule has 0 spiro atoms. The van der Waals surface area contributed by atoms with Crippen LogP contribution >= 0.6 is 35.6 Å². The van der Waals surface area contributed by atoms with E-state index in [-0.39, 0.29) is 41.2 Å². The third-order valence-corrected chi connectivity index (χ3v) is 5.71. The Labute approximate surface area is 198 Å². The fourth-order valence-electron chi connectivity index (χ4n) is 3.27. The van der Waals surface area contributed by atoms with Gasteiger partial charge < -0.3 is 25.7 Å². The number of ether oxygens (including phenoxy) is 1. The highest BCUT2D eigenvalue weighted by Crippen LogP contribution is 2.32. The smallest absolute Gasteiger partial charge is 0.273 e. The topological polar surface area (TPSA) is 95.2 Å². The van der Waals surface area contributed by atoms with Crippen LogP contribution in [0.3, 0.4) is 0 Å². The van der Waals surface area contributed by atoms with Crippen LogP contribution in [-0.4, -0.2) is 42.0 Å². The zero-order valence-electron chi connectivity index (χ0n) is 17.6. The summed E-state index contributed by atoms with van der Waals surface area (Å²) in [5, 5.41) is 9.57. The maximum absolute atomic E-state index is 12.7. The molecule has 1 aliphatic rings. The van der Waals surface area contributed by atoms with Gasteiger partial charge in [0.25, 0.3) is 11.8 Å². The number of H-pyrrole nitrogens is 1. The predicted octanol–water partition coefficient (Wildman–Crippen LogP) is 4.57. The summed E-state index contributed by atoms with van der Waals surface area (Å²) in [6, 6.07) is 5.04. The maximum atomic E-state index is 12.7. The van der Waals surface area contributed by atoms with Crippen molar-refractivity contribution in [2.24, 2.45) is 0 Å². The number of anilines is 1. The molecule has 1 aromatic carbocycles. The van der Waals surface area contributed by atoms with E-state index in [1.54, 1.807) is 25.1 Å². The van der Waals surface area contributed by atoms with Crippen molar-refractivity contribution in [3.63, 3.8) is 0 Å². The molecule has 7 nitrogen and oxygen atoms in total. The quantitative estimate of drug-likeness (QED) is 0.478. The lowest BCUT2D eigenvalue weighted by atomic mass is 10.1. The normalized spacial score (nSPS) is 15.9. The molecule has 1 saturated heterocycles. The van der Waals surface area contributed by atoms with Crippen molar-refractivity contribution in [1.29, 1.82) is 0 Å². The summed E-state index contributed by atoms with van der Waals surface area (Å²) in [5.41, 5.74) is 1.67. The van der Waals surface area contributed by atoms with Gasteiger partial charge in [-0.25, -0.2) is 0 Å². The van der Waals surface area contributed by atoms with Gasteiger partial charge >= 0.3 is 0 Å². The molecule has 0 saturated carbocycles. The first-order valence-electron chi connectivity index (χ1n) is 9.93. The molecule has 3 rings (SSSR count). The summed E-state index contributed by atoms with van der Waals surface area (Å²) in [5.74, 6) is -0.225. The summed E-state index contributed by atoms with van der Waals surface area (Å²) in [7, 11) is 0. The fourth-order valence-corrected chi connectivity index (χ4v) is 3.69. The van der Waals surface area contributed by atoms with E-state index in [1.807, 2.05) is 13.8 Å². The van der Waals surface area contributed by atoms with Gasteiger partial charge in [0, 0.05) is 23.8 Å². The summed E-state index contributed by atoms with van der Waals surface area (Å²) < 4.78 is 5.85.